The van der Waals surface area contributed by atoms with Gasteiger partial charge in [0.15, 0.2) is 0 Å². The molecule has 10 heteroatoms. The number of sulfonamides is 1. The van der Waals surface area contributed by atoms with E-state index in [2.05, 4.69) is 20.7 Å². The monoisotopic (exact) mass is 440 g/mol. The molecule has 0 aliphatic heterocycles. The van der Waals surface area contributed by atoms with Gasteiger partial charge in [-0.15, -0.1) is 0 Å². The van der Waals surface area contributed by atoms with Crippen LogP contribution in [-0.2, 0) is 14.8 Å². The summed E-state index contributed by atoms with van der Waals surface area (Å²) in [6, 6.07) is 4.77. The smallest absolute Gasteiger partial charge is 0.315 e. The quantitative estimate of drug-likeness (QED) is 0.416. The Bertz CT molecular complexity index is 822. The summed E-state index contributed by atoms with van der Waals surface area (Å²) in [6.45, 7) is 1.95. The molecule has 0 bridgehead atoms. The lowest BCUT2D eigenvalue weighted by Gasteiger charge is -2.22. The van der Waals surface area contributed by atoms with Gasteiger partial charge in [0.2, 0.25) is 15.9 Å². The Morgan fingerprint density at radius 1 is 1.17 bits per heavy atom. The summed E-state index contributed by atoms with van der Waals surface area (Å²) < 4.78 is 31.1. The van der Waals surface area contributed by atoms with Crippen molar-refractivity contribution in [2.75, 3.05) is 29.4 Å². The van der Waals surface area contributed by atoms with Gasteiger partial charge in [0, 0.05) is 30.8 Å². The number of nitrogens with one attached hydrogen (secondary N) is 4. The number of anilines is 2. The molecule has 0 aromatic heterocycles. The molecule has 1 aromatic rings. The van der Waals surface area contributed by atoms with Gasteiger partial charge in [0.05, 0.1) is 18.6 Å². The topological polar surface area (TPSA) is 126 Å². The van der Waals surface area contributed by atoms with Crippen molar-refractivity contribution in [3.05, 3.63) is 18.2 Å². The van der Waals surface area contributed by atoms with Gasteiger partial charge in [-0.25, -0.2) is 13.2 Å². The third kappa shape index (κ3) is 8.10. The van der Waals surface area contributed by atoms with Crippen molar-refractivity contribution in [3.8, 4) is 5.75 Å². The molecule has 2 rings (SSSR count). The normalized spacial score (nSPS) is 14.6. The minimum atomic E-state index is -3.43. The van der Waals surface area contributed by atoms with Crippen LogP contribution in [0.3, 0.4) is 0 Å². The molecular formula is C20H32N4O5S. The third-order valence-electron chi connectivity index (χ3n) is 4.94. The molecule has 0 atom stereocenters. The molecule has 30 heavy (non-hydrogen) atoms. The molecule has 0 heterocycles. The van der Waals surface area contributed by atoms with Crippen LogP contribution in [0.2, 0.25) is 0 Å². The Hall–Kier alpha value is -2.49. The maximum Gasteiger partial charge on any atom is 0.315 e. The van der Waals surface area contributed by atoms with Gasteiger partial charge in [-0.3, -0.25) is 9.52 Å². The van der Waals surface area contributed by atoms with Crippen molar-refractivity contribution < 1.29 is 22.7 Å². The molecular weight excluding hydrogens is 408 g/mol. The highest BCUT2D eigenvalue weighted by molar-refractivity contribution is 7.92. The first-order valence-electron chi connectivity index (χ1n) is 10.4. The number of ether oxygens (including phenoxy) is 1. The second-order valence-electron chi connectivity index (χ2n) is 7.31. The van der Waals surface area contributed by atoms with Crippen molar-refractivity contribution >= 4 is 33.3 Å². The van der Waals surface area contributed by atoms with Gasteiger partial charge in [0.25, 0.3) is 0 Å². The van der Waals surface area contributed by atoms with Gasteiger partial charge in [-0.1, -0.05) is 19.3 Å². The summed E-state index contributed by atoms with van der Waals surface area (Å²) in [4.78, 5) is 24.0. The van der Waals surface area contributed by atoms with E-state index in [4.69, 9.17) is 4.74 Å². The summed E-state index contributed by atoms with van der Waals surface area (Å²) in [5.41, 5.74) is 0.810. The van der Waals surface area contributed by atoms with E-state index >= 15 is 0 Å². The predicted molar refractivity (Wildman–Crippen MR) is 117 cm³/mol. The lowest BCUT2D eigenvalue weighted by atomic mass is 9.96. The lowest BCUT2D eigenvalue weighted by Crippen LogP contribution is -2.43. The second kappa shape index (κ2) is 11.6. The second-order valence-corrected chi connectivity index (χ2v) is 9.32. The average Bonchev–Trinajstić information content (AvgIpc) is 2.73. The highest BCUT2D eigenvalue weighted by Gasteiger charge is 2.15. The summed E-state index contributed by atoms with van der Waals surface area (Å²) >= 11 is 0. The molecule has 1 fully saturated rings. The average molecular weight is 441 g/mol. The Labute approximate surface area is 178 Å². The van der Waals surface area contributed by atoms with E-state index < -0.39 is 10.0 Å². The van der Waals surface area contributed by atoms with Gasteiger partial charge < -0.3 is 20.7 Å². The van der Waals surface area contributed by atoms with Crippen molar-refractivity contribution in [1.29, 1.82) is 0 Å². The fourth-order valence-corrected chi connectivity index (χ4v) is 3.90. The first-order valence-corrected chi connectivity index (χ1v) is 12.0. The summed E-state index contributed by atoms with van der Waals surface area (Å²) in [5.74, 6) is 0.0563. The number of hydrogen-bond donors (Lipinski definition) is 4. The van der Waals surface area contributed by atoms with Gasteiger partial charge in [0.1, 0.15) is 5.75 Å². The van der Waals surface area contributed by atoms with E-state index in [0.29, 0.717) is 30.1 Å². The van der Waals surface area contributed by atoms with Crippen molar-refractivity contribution in [3.63, 3.8) is 0 Å². The van der Waals surface area contributed by atoms with E-state index in [-0.39, 0.29) is 30.2 Å². The van der Waals surface area contributed by atoms with Gasteiger partial charge in [-0.05, 0) is 38.3 Å². The lowest BCUT2D eigenvalue weighted by molar-refractivity contribution is -0.116. The largest absolute Gasteiger partial charge is 0.494 e. The minimum Gasteiger partial charge on any atom is -0.494 e. The Morgan fingerprint density at radius 3 is 2.57 bits per heavy atom. The molecule has 1 aliphatic rings. The van der Waals surface area contributed by atoms with Crippen molar-refractivity contribution in [1.82, 2.24) is 10.6 Å². The zero-order valence-corrected chi connectivity index (χ0v) is 18.4. The first-order chi connectivity index (χ1) is 14.3. The highest BCUT2D eigenvalue weighted by Crippen LogP contribution is 2.29. The van der Waals surface area contributed by atoms with Crippen LogP contribution in [0, 0.1) is 0 Å². The molecule has 0 unspecified atom stereocenters. The number of rotatable bonds is 10. The number of methoxy groups -OCH3 is 1. The standard InChI is InChI=1S/C20H32N4O5S/c1-3-30(27,28)24-17-12-11-16(14-18(17)29-2)22-19(25)10-7-13-21-20(26)23-15-8-5-4-6-9-15/h11-12,14-15,24H,3-10,13H2,1-2H3,(H,22,25)(H2,21,23,26). The Balaban J connectivity index is 1.74. The molecule has 4 N–H and O–H groups in total. The number of benzene rings is 1. The van der Waals surface area contributed by atoms with E-state index in [9.17, 15) is 18.0 Å². The molecule has 1 aromatic carbocycles. The van der Waals surface area contributed by atoms with Crippen LogP contribution in [0.5, 0.6) is 5.75 Å². The number of amides is 3. The molecule has 0 spiro atoms. The Kier molecular flexibility index (Phi) is 9.22. The molecule has 0 radical (unpaired) electrons. The molecule has 0 saturated heterocycles. The van der Waals surface area contributed by atoms with Crippen LogP contribution in [0.25, 0.3) is 0 Å². The van der Waals surface area contributed by atoms with Crippen LogP contribution < -0.4 is 25.4 Å². The van der Waals surface area contributed by atoms with Gasteiger partial charge >= 0.3 is 6.03 Å². The fraction of sp³-hybridized carbons (Fsp3) is 0.600. The van der Waals surface area contributed by atoms with Crippen LogP contribution in [-0.4, -0.2) is 45.8 Å². The molecule has 3 amide bonds. The maximum absolute atomic E-state index is 12.1. The van der Waals surface area contributed by atoms with Crippen molar-refractivity contribution in [2.24, 2.45) is 0 Å². The number of urea groups is 1. The zero-order valence-electron chi connectivity index (χ0n) is 17.6. The van der Waals surface area contributed by atoms with E-state index in [1.54, 1.807) is 18.2 Å². The Morgan fingerprint density at radius 2 is 1.90 bits per heavy atom. The molecule has 1 aliphatic carbocycles. The van der Waals surface area contributed by atoms with Crippen LogP contribution in [0.4, 0.5) is 16.2 Å². The SMILES string of the molecule is CCS(=O)(=O)Nc1ccc(NC(=O)CCCNC(=O)NC2CCCCC2)cc1OC. The van der Waals surface area contributed by atoms with E-state index in [1.807, 2.05) is 0 Å². The summed E-state index contributed by atoms with van der Waals surface area (Å²) in [5, 5.41) is 8.51. The molecule has 1 saturated carbocycles. The predicted octanol–water partition coefficient (Wildman–Crippen LogP) is 2.81. The highest BCUT2D eigenvalue weighted by atomic mass is 32.2. The zero-order chi connectivity index (χ0) is 22.0. The minimum absolute atomic E-state index is 0.0542. The number of hydrogen-bond acceptors (Lipinski definition) is 5. The maximum atomic E-state index is 12.1. The third-order valence-corrected chi connectivity index (χ3v) is 6.23. The molecule has 168 valence electrons. The number of carbonyl (C=O) groups excluding carboxylic acids is 2. The van der Waals surface area contributed by atoms with Crippen LogP contribution in [0.15, 0.2) is 18.2 Å². The summed E-state index contributed by atoms with van der Waals surface area (Å²) in [6.07, 6.45) is 6.35. The fourth-order valence-electron chi connectivity index (χ4n) is 3.25. The van der Waals surface area contributed by atoms with Crippen LogP contribution in [0.1, 0.15) is 51.9 Å². The van der Waals surface area contributed by atoms with Gasteiger partial charge in [-0.2, -0.15) is 0 Å². The van der Waals surface area contributed by atoms with Crippen LogP contribution >= 0.6 is 0 Å². The first kappa shape index (κ1) is 23.8. The van der Waals surface area contributed by atoms with Crippen molar-refractivity contribution in [2.45, 2.75) is 57.9 Å². The van der Waals surface area contributed by atoms with E-state index in [0.717, 1.165) is 25.7 Å². The molecule has 9 nitrogen and oxygen atoms in total. The summed E-state index contributed by atoms with van der Waals surface area (Å²) in [7, 11) is -2.00. The number of carbonyl (C=O) groups is 2. The van der Waals surface area contributed by atoms with E-state index in [1.165, 1.54) is 20.5 Å².